The fourth-order valence-electron chi connectivity index (χ4n) is 6.79. The van der Waals surface area contributed by atoms with Gasteiger partial charge in [-0.1, -0.05) is 25.5 Å². The SMILES string of the molecule is COc1ccc2c(OC3CC4C(=O)NC5(C(=O)O)CC5/C=C/CCCCC(C)C(=O)C4C3)cc(-c3nccs3)nc2c1C. The summed E-state index contributed by atoms with van der Waals surface area (Å²) >= 11 is 1.48. The Labute approximate surface area is 254 Å². The normalized spacial score (nSPS) is 30.1. The molecule has 0 saturated heterocycles. The van der Waals surface area contributed by atoms with Gasteiger partial charge in [-0.15, -0.1) is 11.3 Å². The number of ketones is 1. The fourth-order valence-corrected chi connectivity index (χ4v) is 7.38. The van der Waals surface area contributed by atoms with Gasteiger partial charge >= 0.3 is 5.97 Å². The summed E-state index contributed by atoms with van der Waals surface area (Å²) in [6.45, 7) is 3.89. The van der Waals surface area contributed by atoms with Gasteiger partial charge in [-0.2, -0.15) is 0 Å². The van der Waals surface area contributed by atoms with Crippen LogP contribution in [0.15, 0.2) is 41.9 Å². The number of rotatable bonds is 5. The summed E-state index contributed by atoms with van der Waals surface area (Å²) in [7, 11) is 1.62. The van der Waals surface area contributed by atoms with Gasteiger partial charge in [0, 0.05) is 46.3 Å². The van der Waals surface area contributed by atoms with Gasteiger partial charge in [-0.3, -0.25) is 9.59 Å². The van der Waals surface area contributed by atoms with Crippen LogP contribution in [0.2, 0.25) is 0 Å². The molecule has 226 valence electrons. The van der Waals surface area contributed by atoms with Gasteiger partial charge in [0.05, 0.1) is 18.5 Å². The van der Waals surface area contributed by atoms with Gasteiger partial charge in [0.25, 0.3) is 0 Å². The second-order valence-electron chi connectivity index (χ2n) is 12.1. The Bertz CT molecular complexity index is 1590. The Morgan fingerprint density at radius 2 is 1.98 bits per heavy atom. The number of methoxy groups -OCH3 is 1. The van der Waals surface area contributed by atoms with Crippen LogP contribution in [0.3, 0.4) is 0 Å². The minimum absolute atomic E-state index is 0.0548. The molecule has 6 rings (SSSR count). The number of ether oxygens (including phenoxy) is 2. The van der Waals surface area contributed by atoms with Crippen LogP contribution < -0.4 is 14.8 Å². The maximum Gasteiger partial charge on any atom is 0.330 e. The number of carbonyl (C=O) groups is 3. The van der Waals surface area contributed by atoms with E-state index in [-0.39, 0.29) is 23.5 Å². The molecule has 6 unspecified atom stereocenters. The number of aromatic nitrogens is 2. The first kappa shape index (κ1) is 29.3. The quantitative estimate of drug-likeness (QED) is 0.353. The van der Waals surface area contributed by atoms with Gasteiger partial charge in [-0.05, 0) is 57.6 Å². The van der Waals surface area contributed by atoms with E-state index in [4.69, 9.17) is 14.5 Å². The molecule has 3 aliphatic rings. The zero-order chi connectivity index (χ0) is 30.3. The Morgan fingerprint density at radius 1 is 1.16 bits per heavy atom. The van der Waals surface area contributed by atoms with Crippen LogP contribution in [0, 0.1) is 30.6 Å². The summed E-state index contributed by atoms with van der Waals surface area (Å²) in [5.74, 6) is -1.70. The van der Waals surface area contributed by atoms with E-state index in [0.717, 1.165) is 47.2 Å². The van der Waals surface area contributed by atoms with E-state index in [9.17, 15) is 19.5 Å². The molecule has 1 aliphatic heterocycles. The van der Waals surface area contributed by atoms with Crippen molar-refractivity contribution >= 4 is 39.9 Å². The van der Waals surface area contributed by atoms with Crippen molar-refractivity contribution in [1.29, 1.82) is 0 Å². The highest BCUT2D eigenvalue weighted by molar-refractivity contribution is 7.13. The Balaban J connectivity index is 1.34. The number of aliphatic carboxylic acids is 1. The minimum atomic E-state index is -1.31. The number of thiazole rings is 1. The Hall–Kier alpha value is -3.79. The van der Waals surface area contributed by atoms with Crippen molar-refractivity contribution in [2.24, 2.45) is 23.7 Å². The second kappa shape index (κ2) is 11.7. The van der Waals surface area contributed by atoms with Crippen LogP contribution in [0.4, 0.5) is 0 Å². The molecule has 1 amide bonds. The van der Waals surface area contributed by atoms with E-state index in [1.54, 1.807) is 13.3 Å². The Kier molecular flexibility index (Phi) is 7.98. The van der Waals surface area contributed by atoms with Crippen molar-refractivity contribution in [3.63, 3.8) is 0 Å². The number of carboxylic acids is 1. The molecule has 0 radical (unpaired) electrons. The molecule has 2 fully saturated rings. The lowest BCUT2D eigenvalue weighted by molar-refractivity contribution is -0.144. The van der Waals surface area contributed by atoms with Crippen molar-refractivity contribution in [2.45, 2.75) is 70.4 Å². The number of aryl methyl sites for hydroxylation is 1. The van der Waals surface area contributed by atoms with E-state index in [1.165, 1.54) is 11.3 Å². The highest BCUT2D eigenvalue weighted by Crippen LogP contribution is 2.47. The second-order valence-corrected chi connectivity index (χ2v) is 13.0. The number of hydrogen-bond acceptors (Lipinski definition) is 8. The number of nitrogens with one attached hydrogen (secondary N) is 1. The zero-order valence-corrected chi connectivity index (χ0v) is 25.5. The number of Topliss-reactive ketones (excluding diaryl/α,β-unsaturated/α-hetero) is 1. The summed E-state index contributed by atoms with van der Waals surface area (Å²) in [4.78, 5) is 49.2. The highest BCUT2D eigenvalue weighted by atomic mass is 32.1. The van der Waals surface area contributed by atoms with Gasteiger partial charge in [0.15, 0.2) is 0 Å². The fraction of sp³-hybridized carbons (Fsp3) is 0.485. The van der Waals surface area contributed by atoms with Crippen molar-refractivity contribution in [3.05, 3.63) is 47.5 Å². The smallest absolute Gasteiger partial charge is 0.330 e. The molecule has 2 aromatic heterocycles. The van der Waals surface area contributed by atoms with E-state index in [0.29, 0.717) is 36.5 Å². The predicted molar refractivity (Wildman–Crippen MR) is 163 cm³/mol. The van der Waals surface area contributed by atoms with Crippen molar-refractivity contribution in [2.75, 3.05) is 7.11 Å². The molecule has 2 N–H and O–H groups in total. The van der Waals surface area contributed by atoms with Gasteiger partial charge < -0.3 is 19.9 Å². The maximum absolute atomic E-state index is 13.8. The van der Waals surface area contributed by atoms with Crippen molar-refractivity contribution in [1.82, 2.24) is 15.3 Å². The summed E-state index contributed by atoms with van der Waals surface area (Å²) in [6, 6.07) is 5.67. The molecule has 0 bridgehead atoms. The minimum Gasteiger partial charge on any atom is -0.496 e. The first-order valence-electron chi connectivity index (χ1n) is 15.0. The molecule has 3 heterocycles. The molecule has 3 aromatic rings. The van der Waals surface area contributed by atoms with Crippen LogP contribution >= 0.6 is 11.3 Å². The number of amides is 1. The lowest BCUT2D eigenvalue weighted by Crippen LogP contribution is -2.48. The molecule has 43 heavy (non-hydrogen) atoms. The first-order chi connectivity index (χ1) is 20.7. The van der Waals surface area contributed by atoms with Crippen LogP contribution in [0.1, 0.15) is 57.4 Å². The number of hydrogen-bond donors (Lipinski definition) is 2. The number of nitrogens with zero attached hydrogens (tertiary/aromatic N) is 2. The lowest BCUT2D eigenvalue weighted by atomic mass is 9.83. The van der Waals surface area contributed by atoms with Gasteiger partial charge in [-0.25, -0.2) is 14.8 Å². The first-order valence-corrected chi connectivity index (χ1v) is 15.9. The monoisotopic (exact) mass is 603 g/mol. The third kappa shape index (κ3) is 5.53. The molecular formula is C33H37N3O6S. The molecular weight excluding hydrogens is 566 g/mol. The topological polar surface area (TPSA) is 128 Å². The van der Waals surface area contributed by atoms with E-state index in [2.05, 4.69) is 10.3 Å². The average molecular weight is 604 g/mol. The van der Waals surface area contributed by atoms with Gasteiger partial charge in [0.2, 0.25) is 5.91 Å². The van der Waals surface area contributed by atoms with E-state index >= 15 is 0 Å². The molecule has 0 spiro atoms. The molecule has 1 aromatic carbocycles. The third-order valence-electron chi connectivity index (χ3n) is 9.39. The summed E-state index contributed by atoms with van der Waals surface area (Å²) in [5.41, 5.74) is 0.968. The van der Waals surface area contributed by atoms with Crippen LogP contribution in [-0.4, -0.2) is 51.5 Å². The highest BCUT2D eigenvalue weighted by Gasteiger charge is 2.61. The standard InChI is InChI=1S/C33H37N3O6S/c1-18-8-6-4-5-7-9-20-17-33(20,32(39)40)36-30(38)24-15-21(14-23(24)29(18)37)42-27-16-25(31-34-12-13-43-31)35-28-19(2)26(41-3)11-10-22(27)28/h7,9-13,16,18,20-21,23-24H,4-6,8,14-15,17H2,1-3H3,(H,36,38)(H,39,40)/b9-7+. The van der Waals surface area contributed by atoms with Gasteiger partial charge in [0.1, 0.15) is 39.6 Å². The molecule has 2 aliphatic carbocycles. The van der Waals surface area contributed by atoms with Crippen LogP contribution in [0.5, 0.6) is 11.5 Å². The molecule has 9 nitrogen and oxygen atoms in total. The molecule has 2 saturated carbocycles. The number of allylic oxidation sites excluding steroid dienone is 1. The number of benzene rings is 1. The summed E-state index contributed by atoms with van der Waals surface area (Å²) < 4.78 is 12.2. The maximum atomic E-state index is 13.8. The summed E-state index contributed by atoms with van der Waals surface area (Å²) in [6.07, 6.45) is 9.75. The predicted octanol–water partition coefficient (Wildman–Crippen LogP) is 5.74. The Morgan fingerprint density at radius 3 is 2.72 bits per heavy atom. The van der Waals surface area contributed by atoms with Crippen molar-refractivity contribution < 1.29 is 29.0 Å². The van der Waals surface area contributed by atoms with Crippen LogP contribution in [-0.2, 0) is 14.4 Å². The number of carboxylic acid groups (broad SMARTS) is 1. The number of fused-ring (bicyclic) bond motifs is 3. The largest absolute Gasteiger partial charge is 0.496 e. The van der Waals surface area contributed by atoms with E-state index in [1.807, 2.05) is 49.6 Å². The number of pyridine rings is 1. The van der Waals surface area contributed by atoms with Crippen LogP contribution in [0.25, 0.3) is 21.6 Å². The molecule has 6 atom stereocenters. The zero-order valence-electron chi connectivity index (χ0n) is 24.7. The number of carbonyl (C=O) groups excluding carboxylic acids is 2. The third-order valence-corrected chi connectivity index (χ3v) is 10.2. The average Bonchev–Trinajstić information content (AvgIpc) is 3.31. The summed E-state index contributed by atoms with van der Waals surface area (Å²) in [5, 5.41) is 16.4. The lowest BCUT2D eigenvalue weighted by Gasteiger charge is -2.23. The molecule has 10 heteroatoms. The van der Waals surface area contributed by atoms with Crippen molar-refractivity contribution in [3.8, 4) is 22.2 Å². The van der Waals surface area contributed by atoms with E-state index < -0.39 is 29.4 Å².